The molecule has 0 fully saturated rings. The van der Waals surface area contributed by atoms with Gasteiger partial charge in [-0.3, -0.25) is 9.59 Å². The summed E-state index contributed by atoms with van der Waals surface area (Å²) in [5.41, 5.74) is 3.26. The number of rotatable bonds is 24. The van der Waals surface area contributed by atoms with E-state index in [1.54, 1.807) is 48.5 Å². The maximum Gasteiger partial charge on any atom is 0.408 e. The molecular weight excluding hydrogens is 739 g/mol. The first-order valence-corrected chi connectivity index (χ1v) is 19.1. The third kappa shape index (κ3) is 15.0. The zero-order valence-corrected chi connectivity index (χ0v) is 32.8. The van der Waals surface area contributed by atoms with Gasteiger partial charge in [0.2, 0.25) is 11.8 Å². The molecular formula is C46H53N3O9. The Kier molecular flexibility index (Phi) is 18.7. The van der Waals surface area contributed by atoms with Crippen LogP contribution in [0.5, 0.6) is 5.75 Å². The molecule has 0 bridgehead atoms. The molecule has 58 heavy (non-hydrogen) atoms. The smallest absolute Gasteiger partial charge is 0.408 e. The fourth-order valence-corrected chi connectivity index (χ4v) is 6.11. The van der Waals surface area contributed by atoms with Gasteiger partial charge in [0.1, 0.15) is 31.1 Å². The van der Waals surface area contributed by atoms with Gasteiger partial charge in [-0.1, -0.05) is 115 Å². The molecule has 3 amide bonds. The zero-order chi connectivity index (χ0) is 41.5. The van der Waals surface area contributed by atoms with Crippen LogP contribution in [0.1, 0.15) is 47.6 Å². The van der Waals surface area contributed by atoms with E-state index >= 15 is 0 Å². The lowest BCUT2D eigenvalue weighted by Crippen LogP contribution is -2.49. The highest BCUT2D eigenvalue weighted by atomic mass is 16.6. The van der Waals surface area contributed by atoms with Gasteiger partial charge in [0.15, 0.2) is 0 Å². The summed E-state index contributed by atoms with van der Waals surface area (Å²) >= 11 is 0. The van der Waals surface area contributed by atoms with Crippen LogP contribution in [0.4, 0.5) is 4.79 Å². The van der Waals surface area contributed by atoms with E-state index in [-0.39, 0.29) is 39.1 Å². The summed E-state index contributed by atoms with van der Waals surface area (Å²) in [5, 5.41) is 18.5. The Morgan fingerprint density at radius 2 is 1.33 bits per heavy atom. The van der Waals surface area contributed by atoms with Crippen molar-refractivity contribution in [3.63, 3.8) is 0 Å². The number of aliphatic hydroxyl groups excluding tert-OH is 1. The van der Waals surface area contributed by atoms with Gasteiger partial charge in [-0.2, -0.15) is 0 Å². The number of methoxy groups -OCH3 is 1. The van der Waals surface area contributed by atoms with E-state index in [1.807, 2.05) is 72.8 Å². The van der Waals surface area contributed by atoms with Crippen molar-refractivity contribution in [1.29, 1.82) is 0 Å². The molecule has 12 heteroatoms. The number of hydrogen-bond donors (Lipinski definition) is 4. The van der Waals surface area contributed by atoms with E-state index in [1.165, 1.54) is 13.2 Å². The van der Waals surface area contributed by atoms with E-state index in [2.05, 4.69) is 29.1 Å². The first-order valence-electron chi connectivity index (χ1n) is 19.1. The first-order chi connectivity index (χ1) is 28.2. The van der Waals surface area contributed by atoms with Crippen LogP contribution >= 0.6 is 0 Å². The van der Waals surface area contributed by atoms with Crippen molar-refractivity contribution in [3.8, 4) is 5.75 Å². The Labute approximate surface area is 340 Å². The number of ether oxygens (including phenoxy) is 4. The van der Waals surface area contributed by atoms with Gasteiger partial charge in [-0.15, -0.1) is 13.2 Å². The Bertz CT molecular complexity index is 1880. The maximum absolute atomic E-state index is 13.9. The average Bonchev–Trinajstić information content (AvgIpc) is 3.24. The van der Waals surface area contributed by atoms with Gasteiger partial charge in [-0.05, 0) is 53.6 Å². The molecule has 4 rings (SSSR count). The molecule has 4 aromatic rings. The molecule has 0 aliphatic carbocycles. The van der Waals surface area contributed by atoms with Crippen molar-refractivity contribution in [2.45, 2.75) is 63.1 Å². The maximum atomic E-state index is 13.9. The van der Waals surface area contributed by atoms with Crippen LogP contribution in [0, 0.1) is 5.92 Å². The lowest BCUT2D eigenvalue weighted by atomic mass is 9.97. The Morgan fingerprint density at radius 3 is 1.91 bits per heavy atom. The average molecular weight is 792 g/mol. The van der Waals surface area contributed by atoms with Crippen LogP contribution in [0.25, 0.3) is 0 Å². The molecule has 4 aromatic carbocycles. The van der Waals surface area contributed by atoms with Crippen LogP contribution in [0.15, 0.2) is 141 Å². The predicted octanol–water partition coefficient (Wildman–Crippen LogP) is 6.15. The largest absolute Gasteiger partial charge is 0.489 e. The summed E-state index contributed by atoms with van der Waals surface area (Å²) in [5.74, 6) is -1.87. The van der Waals surface area contributed by atoms with E-state index in [0.29, 0.717) is 24.3 Å². The van der Waals surface area contributed by atoms with E-state index in [9.17, 15) is 24.3 Å². The second-order valence-corrected chi connectivity index (χ2v) is 13.6. The minimum absolute atomic E-state index is 0.00120. The van der Waals surface area contributed by atoms with Crippen LogP contribution in [0.3, 0.4) is 0 Å². The highest BCUT2D eigenvalue weighted by Gasteiger charge is 2.34. The molecule has 0 aromatic heterocycles. The van der Waals surface area contributed by atoms with E-state index in [0.717, 1.165) is 16.7 Å². The number of carbonyl (C=O) groups excluding carboxylic acids is 4. The summed E-state index contributed by atoms with van der Waals surface area (Å²) in [6, 6.07) is 32.5. The SMILES string of the molecule is C=CC[C@H](CC(=O)N[C@H](CO)Cc1ccc(OCc2ccccc2)cc1)C(=O)N[C@@H](COC)[C@@H](OC(=O)[C@@H](CC=C)NC(=O)OCc1ccccc1)c1ccccc1. The number of hydrogen-bond acceptors (Lipinski definition) is 9. The van der Waals surface area contributed by atoms with E-state index < -0.39 is 54.0 Å². The predicted molar refractivity (Wildman–Crippen MR) is 220 cm³/mol. The molecule has 0 heterocycles. The van der Waals surface area contributed by atoms with Gasteiger partial charge in [0, 0.05) is 13.5 Å². The van der Waals surface area contributed by atoms with Gasteiger partial charge in [0.05, 0.1) is 31.2 Å². The van der Waals surface area contributed by atoms with Gasteiger partial charge in [0.25, 0.3) is 0 Å². The van der Waals surface area contributed by atoms with Gasteiger partial charge in [-0.25, -0.2) is 9.59 Å². The molecule has 0 radical (unpaired) electrons. The summed E-state index contributed by atoms with van der Waals surface area (Å²) in [6.45, 7) is 7.54. The third-order valence-corrected chi connectivity index (χ3v) is 9.10. The standard InChI is InChI=1S/C46H53N3O9/c1-4-15-37(28-42(51)47-38(29-50)27-33-23-25-39(26-24-33)56-30-34-17-9-6-10-18-34)44(52)48-41(32-55-3)43(36-21-13-8-14-22-36)58-45(53)40(16-5-2)49-46(54)57-31-35-19-11-7-12-20-35/h4-14,17-26,37-38,40-41,43,50H,1-2,15-16,27-32H2,3H3,(H,47,51)(H,48,52)(H,49,54)/t37-,38+,40-,41+,43+/m1/s1. The monoisotopic (exact) mass is 791 g/mol. The lowest BCUT2D eigenvalue weighted by Gasteiger charge is -2.30. The number of amides is 3. The highest BCUT2D eigenvalue weighted by Crippen LogP contribution is 2.25. The van der Waals surface area contributed by atoms with Gasteiger partial charge >= 0.3 is 12.1 Å². The molecule has 0 aliphatic heterocycles. The number of carbonyl (C=O) groups is 4. The molecule has 306 valence electrons. The lowest BCUT2D eigenvalue weighted by molar-refractivity contribution is -0.155. The summed E-state index contributed by atoms with van der Waals surface area (Å²) in [6.07, 6.45) is 1.51. The van der Waals surface area contributed by atoms with Crippen LogP contribution in [-0.4, -0.2) is 67.4 Å². The van der Waals surface area contributed by atoms with Crippen molar-refractivity contribution in [2.24, 2.45) is 5.92 Å². The van der Waals surface area contributed by atoms with Crippen molar-refractivity contribution in [1.82, 2.24) is 16.0 Å². The molecule has 5 atom stereocenters. The van der Waals surface area contributed by atoms with Crippen LogP contribution < -0.4 is 20.7 Å². The van der Waals surface area contributed by atoms with Crippen LogP contribution in [0.2, 0.25) is 0 Å². The Hall–Kier alpha value is -6.24. The van der Waals surface area contributed by atoms with E-state index in [4.69, 9.17) is 18.9 Å². The Balaban J connectivity index is 1.39. The minimum Gasteiger partial charge on any atom is -0.489 e. The van der Waals surface area contributed by atoms with Crippen molar-refractivity contribution >= 4 is 23.9 Å². The zero-order valence-electron chi connectivity index (χ0n) is 32.8. The number of esters is 1. The summed E-state index contributed by atoms with van der Waals surface area (Å²) in [4.78, 5) is 53.6. The highest BCUT2D eigenvalue weighted by molar-refractivity contribution is 5.86. The molecule has 4 N–H and O–H groups in total. The number of nitrogens with one attached hydrogen (secondary N) is 3. The normalized spacial score (nSPS) is 13.3. The third-order valence-electron chi connectivity index (χ3n) is 9.10. The summed E-state index contributed by atoms with van der Waals surface area (Å²) < 4.78 is 22.7. The number of aliphatic hydroxyl groups is 1. The minimum atomic E-state index is -1.14. The number of alkyl carbamates (subject to hydrolysis) is 1. The van der Waals surface area contributed by atoms with Crippen molar-refractivity contribution in [3.05, 3.63) is 163 Å². The second kappa shape index (κ2) is 24.4. The summed E-state index contributed by atoms with van der Waals surface area (Å²) in [7, 11) is 1.45. The molecule has 0 spiro atoms. The van der Waals surface area contributed by atoms with Gasteiger partial charge < -0.3 is 40.0 Å². The van der Waals surface area contributed by atoms with Crippen molar-refractivity contribution in [2.75, 3.05) is 20.3 Å². The molecule has 0 saturated carbocycles. The molecule has 12 nitrogen and oxygen atoms in total. The Morgan fingerprint density at radius 1 is 0.724 bits per heavy atom. The molecule has 0 saturated heterocycles. The van der Waals surface area contributed by atoms with Crippen molar-refractivity contribution < 1.29 is 43.2 Å². The first kappa shape index (κ1) is 44.5. The molecule has 0 unspecified atom stereocenters. The fraction of sp³-hybridized carbons (Fsp3) is 0.304. The van der Waals surface area contributed by atoms with Crippen LogP contribution in [-0.2, 0) is 48.2 Å². The topological polar surface area (TPSA) is 162 Å². The quantitative estimate of drug-likeness (QED) is 0.0482. The fourth-order valence-electron chi connectivity index (χ4n) is 6.11. The number of allylic oxidation sites excluding steroid dienone is 1. The second-order valence-electron chi connectivity index (χ2n) is 13.6. The number of benzene rings is 4. The molecule has 0 aliphatic rings.